The van der Waals surface area contributed by atoms with Gasteiger partial charge in [0.2, 0.25) is 0 Å². The Morgan fingerprint density at radius 1 is 1.12 bits per heavy atom. The Bertz CT molecular complexity index is 922. The van der Waals surface area contributed by atoms with Gasteiger partial charge < -0.3 is 4.74 Å². The third kappa shape index (κ3) is 3.60. The molecule has 0 fully saturated rings. The van der Waals surface area contributed by atoms with Crippen LogP contribution in [0.4, 0.5) is 0 Å². The first-order valence-electron chi connectivity index (χ1n) is 8.77. The zero-order valence-corrected chi connectivity index (χ0v) is 16.2. The molecule has 0 N–H and O–H groups in total. The highest BCUT2D eigenvalue weighted by molar-refractivity contribution is 7.89. The number of ether oxygens (including phenoxy) is 1. The van der Waals surface area contributed by atoms with E-state index in [1.807, 2.05) is 51.1 Å². The van der Waals surface area contributed by atoms with Gasteiger partial charge in [-0.1, -0.05) is 30.3 Å². The van der Waals surface area contributed by atoms with E-state index >= 15 is 0 Å². The molecule has 0 aromatic heterocycles. The van der Waals surface area contributed by atoms with Crippen molar-refractivity contribution in [1.29, 1.82) is 0 Å². The number of hydrogen-bond donors (Lipinski definition) is 0. The van der Waals surface area contributed by atoms with Gasteiger partial charge in [-0.15, -0.1) is 0 Å². The second-order valence-corrected chi connectivity index (χ2v) is 8.18. The van der Waals surface area contributed by atoms with Crippen LogP contribution in [-0.4, -0.2) is 38.3 Å². The molecule has 0 aliphatic carbocycles. The lowest BCUT2D eigenvalue weighted by Crippen LogP contribution is -2.35. The summed E-state index contributed by atoms with van der Waals surface area (Å²) < 4.78 is 33.8. The molecule has 0 spiro atoms. The van der Waals surface area contributed by atoms with Crippen LogP contribution in [0.5, 0.6) is 5.75 Å². The Morgan fingerprint density at radius 3 is 2.50 bits per heavy atom. The van der Waals surface area contributed by atoms with Crippen molar-refractivity contribution >= 4 is 15.9 Å². The van der Waals surface area contributed by atoms with Crippen molar-refractivity contribution in [2.24, 2.45) is 4.99 Å². The maximum atomic E-state index is 13.4. The minimum absolute atomic E-state index is 0.213. The standard InChI is InChI=1S/C20H24N2O3S/c1-4-25-18-12-15(2)16(3)13-19(18)26(23,24)22-11-10-21-20(22)14-17-8-6-5-7-9-17/h5-9,12-13H,4,10-11,14H2,1-3H3. The topological polar surface area (TPSA) is 59.0 Å². The molecule has 0 unspecified atom stereocenters. The van der Waals surface area contributed by atoms with Gasteiger partial charge in [0.05, 0.1) is 19.7 Å². The number of amidine groups is 1. The number of aryl methyl sites for hydroxylation is 2. The van der Waals surface area contributed by atoms with Crippen molar-refractivity contribution in [3.05, 3.63) is 59.2 Å². The average molecular weight is 372 g/mol. The van der Waals surface area contributed by atoms with Gasteiger partial charge in [0, 0.05) is 6.42 Å². The van der Waals surface area contributed by atoms with Crippen molar-refractivity contribution in [2.45, 2.75) is 32.1 Å². The Balaban J connectivity index is 1.97. The fraction of sp³-hybridized carbons (Fsp3) is 0.350. The van der Waals surface area contributed by atoms with Gasteiger partial charge in [0.1, 0.15) is 16.5 Å². The molecule has 2 aromatic carbocycles. The van der Waals surface area contributed by atoms with Gasteiger partial charge in [0.15, 0.2) is 0 Å². The molecule has 0 radical (unpaired) electrons. The Labute approximate surface area is 155 Å². The van der Waals surface area contributed by atoms with E-state index in [0.717, 1.165) is 16.7 Å². The van der Waals surface area contributed by atoms with E-state index in [-0.39, 0.29) is 4.90 Å². The SMILES string of the molecule is CCOc1cc(C)c(C)cc1S(=O)(=O)N1CCN=C1Cc1ccccc1. The normalized spacial score (nSPS) is 14.4. The monoisotopic (exact) mass is 372 g/mol. The van der Waals surface area contributed by atoms with E-state index < -0.39 is 10.0 Å². The van der Waals surface area contributed by atoms with Crippen LogP contribution in [0.2, 0.25) is 0 Å². The highest BCUT2D eigenvalue weighted by Crippen LogP contribution is 2.31. The van der Waals surface area contributed by atoms with Crippen molar-refractivity contribution in [1.82, 2.24) is 4.31 Å². The van der Waals surface area contributed by atoms with Gasteiger partial charge in [-0.05, 0) is 49.6 Å². The van der Waals surface area contributed by atoms with E-state index in [2.05, 4.69) is 4.99 Å². The molecule has 1 aliphatic heterocycles. The summed E-state index contributed by atoms with van der Waals surface area (Å²) in [7, 11) is -3.72. The minimum Gasteiger partial charge on any atom is -0.492 e. The van der Waals surface area contributed by atoms with Crippen molar-refractivity contribution < 1.29 is 13.2 Å². The van der Waals surface area contributed by atoms with Crippen LogP contribution in [0.3, 0.4) is 0 Å². The van der Waals surface area contributed by atoms with Crippen molar-refractivity contribution in [3.63, 3.8) is 0 Å². The highest BCUT2D eigenvalue weighted by atomic mass is 32.2. The predicted octanol–water partition coefficient (Wildman–Crippen LogP) is 3.35. The van der Waals surface area contributed by atoms with Gasteiger partial charge in [-0.3, -0.25) is 9.30 Å². The van der Waals surface area contributed by atoms with Crippen molar-refractivity contribution in [3.8, 4) is 5.75 Å². The van der Waals surface area contributed by atoms with Crippen LogP contribution in [0.1, 0.15) is 23.6 Å². The lowest BCUT2D eigenvalue weighted by Gasteiger charge is -2.23. The molecule has 2 aromatic rings. The Kier molecular flexibility index (Phi) is 5.32. The molecule has 0 amide bonds. The molecule has 0 saturated heterocycles. The quantitative estimate of drug-likeness (QED) is 0.781. The van der Waals surface area contributed by atoms with E-state index in [1.54, 1.807) is 12.1 Å². The van der Waals surface area contributed by atoms with E-state index in [0.29, 0.717) is 37.7 Å². The zero-order valence-electron chi connectivity index (χ0n) is 15.4. The lowest BCUT2D eigenvalue weighted by molar-refractivity contribution is 0.330. The molecule has 6 heteroatoms. The molecule has 138 valence electrons. The Morgan fingerprint density at radius 2 is 1.81 bits per heavy atom. The third-order valence-corrected chi connectivity index (χ3v) is 6.37. The molecule has 5 nitrogen and oxygen atoms in total. The number of hydrogen-bond acceptors (Lipinski definition) is 4. The number of benzene rings is 2. The highest BCUT2D eigenvalue weighted by Gasteiger charge is 2.33. The van der Waals surface area contributed by atoms with E-state index in [4.69, 9.17) is 4.74 Å². The molecular weight excluding hydrogens is 348 g/mol. The zero-order chi connectivity index (χ0) is 18.7. The van der Waals surface area contributed by atoms with Gasteiger partial charge in [0.25, 0.3) is 10.0 Å². The minimum atomic E-state index is -3.72. The molecule has 0 bridgehead atoms. The maximum Gasteiger partial charge on any atom is 0.269 e. The Hall–Kier alpha value is -2.34. The van der Waals surface area contributed by atoms with Crippen molar-refractivity contribution in [2.75, 3.05) is 19.7 Å². The number of nitrogens with zero attached hydrogens (tertiary/aromatic N) is 2. The first kappa shape index (κ1) is 18.5. The van der Waals surface area contributed by atoms with Crippen LogP contribution in [-0.2, 0) is 16.4 Å². The second-order valence-electron chi connectivity index (χ2n) is 6.35. The molecular formula is C20H24N2O3S. The average Bonchev–Trinajstić information content (AvgIpc) is 3.08. The summed E-state index contributed by atoms with van der Waals surface area (Å²) in [6, 6.07) is 13.3. The molecule has 3 rings (SSSR count). The van der Waals surface area contributed by atoms with Crippen LogP contribution in [0.15, 0.2) is 52.4 Å². The van der Waals surface area contributed by atoms with Crippen LogP contribution < -0.4 is 4.74 Å². The molecule has 26 heavy (non-hydrogen) atoms. The smallest absolute Gasteiger partial charge is 0.269 e. The summed E-state index contributed by atoms with van der Waals surface area (Å²) >= 11 is 0. The maximum absolute atomic E-state index is 13.4. The number of sulfonamides is 1. The summed E-state index contributed by atoms with van der Waals surface area (Å²) in [5.74, 6) is 0.985. The fourth-order valence-electron chi connectivity index (χ4n) is 3.01. The second kappa shape index (κ2) is 7.50. The van der Waals surface area contributed by atoms with E-state index in [9.17, 15) is 8.42 Å². The largest absolute Gasteiger partial charge is 0.492 e. The van der Waals surface area contributed by atoms with Gasteiger partial charge in [-0.25, -0.2) is 8.42 Å². The molecule has 1 heterocycles. The first-order chi connectivity index (χ1) is 12.4. The van der Waals surface area contributed by atoms with Crippen LogP contribution in [0, 0.1) is 13.8 Å². The molecule has 1 aliphatic rings. The summed E-state index contributed by atoms with van der Waals surface area (Å²) in [4.78, 5) is 4.66. The van der Waals surface area contributed by atoms with Gasteiger partial charge >= 0.3 is 0 Å². The summed E-state index contributed by atoms with van der Waals surface area (Å²) in [6.07, 6.45) is 0.495. The summed E-state index contributed by atoms with van der Waals surface area (Å²) in [5.41, 5.74) is 2.97. The summed E-state index contributed by atoms with van der Waals surface area (Å²) in [6.45, 7) is 6.97. The van der Waals surface area contributed by atoms with Crippen LogP contribution >= 0.6 is 0 Å². The fourth-order valence-corrected chi connectivity index (χ4v) is 4.67. The van der Waals surface area contributed by atoms with Crippen LogP contribution in [0.25, 0.3) is 0 Å². The number of aliphatic imine (C=N–C) groups is 1. The van der Waals surface area contributed by atoms with E-state index in [1.165, 1.54) is 4.31 Å². The first-order valence-corrected chi connectivity index (χ1v) is 10.2. The number of rotatable bonds is 6. The molecule has 0 atom stereocenters. The van der Waals surface area contributed by atoms with Gasteiger partial charge in [-0.2, -0.15) is 0 Å². The predicted molar refractivity (Wildman–Crippen MR) is 103 cm³/mol. The lowest BCUT2D eigenvalue weighted by atomic mass is 10.1. The summed E-state index contributed by atoms with van der Waals surface area (Å²) in [5, 5.41) is 0. The molecule has 0 saturated carbocycles. The third-order valence-electron chi connectivity index (χ3n) is 4.52.